The molecule has 0 radical (unpaired) electrons. The largest absolute Gasteiger partial charge is 0.438 e. The van der Waals surface area contributed by atoms with Crippen LogP contribution in [0.1, 0.15) is 36.7 Å². The maximum Gasteiger partial charge on any atom is 0.294 e. The van der Waals surface area contributed by atoms with Crippen molar-refractivity contribution in [3.63, 3.8) is 0 Å². The number of sulfonamides is 1. The molecule has 0 saturated carbocycles. The van der Waals surface area contributed by atoms with E-state index in [9.17, 15) is 13.2 Å². The van der Waals surface area contributed by atoms with E-state index in [1.165, 1.54) is 16.4 Å². The maximum atomic E-state index is 12.7. The van der Waals surface area contributed by atoms with Crippen LogP contribution in [0, 0.1) is 0 Å². The molecule has 2 aromatic rings. The molecule has 134 valence electrons. The Balaban J connectivity index is 1.84. The Hall–Kier alpha value is -2.12. The van der Waals surface area contributed by atoms with Gasteiger partial charge in [-0.2, -0.15) is 4.31 Å². The monoisotopic (exact) mass is 362 g/mol. The number of piperidine rings is 1. The number of hydrogen-bond acceptors (Lipinski definition) is 4. The SMILES string of the molecule is CCN(C(=O)c1ccc(S(=O)(=O)N2CCCCC2)o1)c1ccccc1. The van der Waals surface area contributed by atoms with Gasteiger partial charge in [-0.25, -0.2) is 8.42 Å². The van der Waals surface area contributed by atoms with Gasteiger partial charge in [0.2, 0.25) is 5.09 Å². The molecule has 1 aromatic carbocycles. The van der Waals surface area contributed by atoms with Gasteiger partial charge in [0.1, 0.15) is 0 Å². The van der Waals surface area contributed by atoms with Gasteiger partial charge in [-0.3, -0.25) is 4.79 Å². The highest BCUT2D eigenvalue weighted by atomic mass is 32.2. The van der Waals surface area contributed by atoms with Crippen LogP contribution < -0.4 is 4.90 Å². The van der Waals surface area contributed by atoms with Crippen LogP contribution in [0.2, 0.25) is 0 Å². The second-order valence-corrected chi connectivity index (χ2v) is 7.84. The average molecular weight is 362 g/mol. The fourth-order valence-corrected chi connectivity index (χ4v) is 4.42. The molecule has 1 aromatic heterocycles. The lowest BCUT2D eigenvalue weighted by Gasteiger charge is -2.24. The first-order chi connectivity index (χ1) is 12.0. The Kier molecular flexibility index (Phi) is 5.24. The van der Waals surface area contributed by atoms with Gasteiger partial charge in [0, 0.05) is 25.3 Å². The van der Waals surface area contributed by atoms with Crippen LogP contribution >= 0.6 is 0 Å². The van der Waals surface area contributed by atoms with Gasteiger partial charge in [-0.15, -0.1) is 0 Å². The van der Waals surface area contributed by atoms with Crippen molar-refractivity contribution in [2.75, 3.05) is 24.5 Å². The maximum absolute atomic E-state index is 12.7. The smallest absolute Gasteiger partial charge is 0.294 e. The molecular formula is C18H22N2O4S. The van der Waals surface area contributed by atoms with Crippen LogP contribution in [-0.4, -0.2) is 38.3 Å². The second-order valence-electron chi connectivity index (χ2n) is 5.97. The average Bonchev–Trinajstić information content (AvgIpc) is 3.15. The molecule has 0 aliphatic carbocycles. The molecule has 7 heteroatoms. The third-order valence-electron chi connectivity index (χ3n) is 4.33. The Morgan fingerprint density at radius 3 is 2.40 bits per heavy atom. The summed E-state index contributed by atoms with van der Waals surface area (Å²) >= 11 is 0. The molecule has 0 atom stereocenters. The lowest BCUT2D eigenvalue weighted by molar-refractivity contribution is 0.0956. The van der Waals surface area contributed by atoms with Gasteiger partial charge in [-0.1, -0.05) is 24.6 Å². The molecule has 0 N–H and O–H groups in total. The zero-order valence-electron chi connectivity index (χ0n) is 14.2. The predicted molar refractivity (Wildman–Crippen MR) is 95.1 cm³/mol. The van der Waals surface area contributed by atoms with Crippen molar-refractivity contribution in [2.24, 2.45) is 0 Å². The zero-order chi connectivity index (χ0) is 17.9. The van der Waals surface area contributed by atoms with Gasteiger partial charge in [0.25, 0.3) is 15.9 Å². The summed E-state index contributed by atoms with van der Waals surface area (Å²) < 4.78 is 32.2. The molecule has 2 heterocycles. The number of furan rings is 1. The van der Waals surface area contributed by atoms with E-state index >= 15 is 0 Å². The number of nitrogens with zero attached hydrogens (tertiary/aromatic N) is 2. The van der Waals surface area contributed by atoms with Crippen LogP contribution in [0.3, 0.4) is 0 Å². The molecule has 1 aliphatic rings. The fraction of sp³-hybridized carbons (Fsp3) is 0.389. The van der Waals surface area contributed by atoms with E-state index in [1.807, 2.05) is 37.3 Å². The molecule has 1 fully saturated rings. The van der Waals surface area contributed by atoms with E-state index in [4.69, 9.17) is 4.42 Å². The van der Waals surface area contributed by atoms with E-state index in [2.05, 4.69) is 0 Å². The normalized spacial score (nSPS) is 15.9. The molecule has 6 nitrogen and oxygen atoms in total. The minimum Gasteiger partial charge on any atom is -0.438 e. The number of para-hydroxylation sites is 1. The highest BCUT2D eigenvalue weighted by molar-refractivity contribution is 7.89. The number of hydrogen-bond donors (Lipinski definition) is 0. The standard InChI is InChI=1S/C18H22N2O4S/c1-2-20(15-9-5-3-6-10-15)18(21)16-11-12-17(24-16)25(22,23)19-13-7-4-8-14-19/h3,5-6,9-12H,2,4,7-8,13-14H2,1H3. The van der Waals surface area contributed by atoms with Crippen LogP contribution in [0.25, 0.3) is 0 Å². The van der Waals surface area contributed by atoms with E-state index < -0.39 is 10.0 Å². The second kappa shape index (κ2) is 7.41. The number of carbonyl (C=O) groups excluding carboxylic acids is 1. The number of amides is 1. The number of anilines is 1. The number of rotatable bonds is 5. The zero-order valence-corrected chi connectivity index (χ0v) is 15.0. The molecule has 0 bridgehead atoms. The Morgan fingerprint density at radius 1 is 1.08 bits per heavy atom. The lowest BCUT2D eigenvalue weighted by atomic mass is 10.2. The van der Waals surface area contributed by atoms with Crippen molar-refractivity contribution in [2.45, 2.75) is 31.3 Å². The van der Waals surface area contributed by atoms with Crippen molar-refractivity contribution in [3.05, 3.63) is 48.2 Å². The quantitative estimate of drug-likeness (QED) is 0.819. The van der Waals surface area contributed by atoms with Crippen molar-refractivity contribution in [1.82, 2.24) is 4.31 Å². The van der Waals surface area contributed by atoms with E-state index in [0.717, 1.165) is 24.9 Å². The summed E-state index contributed by atoms with van der Waals surface area (Å²) in [5.74, 6) is -0.324. The fourth-order valence-electron chi connectivity index (χ4n) is 2.99. The van der Waals surface area contributed by atoms with Gasteiger partial charge in [-0.05, 0) is 44.0 Å². The summed E-state index contributed by atoms with van der Waals surface area (Å²) in [4.78, 5) is 14.3. The summed E-state index contributed by atoms with van der Waals surface area (Å²) in [5, 5.41) is -0.165. The van der Waals surface area contributed by atoms with Crippen molar-refractivity contribution < 1.29 is 17.6 Å². The van der Waals surface area contributed by atoms with Crippen LogP contribution in [0.15, 0.2) is 52.0 Å². The molecule has 25 heavy (non-hydrogen) atoms. The predicted octanol–water partition coefficient (Wildman–Crippen LogP) is 3.12. The first-order valence-corrected chi connectivity index (χ1v) is 9.95. The highest BCUT2D eigenvalue weighted by Gasteiger charge is 2.30. The van der Waals surface area contributed by atoms with Crippen molar-refractivity contribution in [1.29, 1.82) is 0 Å². The lowest BCUT2D eigenvalue weighted by Crippen LogP contribution is -2.35. The Bertz CT molecular complexity index is 824. The van der Waals surface area contributed by atoms with E-state index in [-0.39, 0.29) is 16.8 Å². The molecule has 0 unspecified atom stereocenters. The topological polar surface area (TPSA) is 70.8 Å². The molecule has 1 amide bonds. The summed E-state index contributed by atoms with van der Waals surface area (Å²) in [6, 6.07) is 12.0. The minimum atomic E-state index is -3.68. The number of carbonyl (C=O) groups is 1. The van der Waals surface area contributed by atoms with Gasteiger partial charge in [0.05, 0.1) is 0 Å². The molecule has 0 spiro atoms. The van der Waals surface area contributed by atoms with Crippen LogP contribution in [-0.2, 0) is 10.0 Å². The minimum absolute atomic E-state index is 0.0290. The van der Waals surface area contributed by atoms with E-state index in [1.54, 1.807) is 4.90 Å². The summed E-state index contributed by atoms with van der Waals surface area (Å²) in [6.45, 7) is 3.31. The summed E-state index contributed by atoms with van der Waals surface area (Å²) in [7, 11) is -3.68. The van der Waals surface area contributed by atoms with Crippen molar-refractivity contribution in [3.8, 4) is 0 Å². The highest BCUT2D eigenvalue weighted by Crippen LogP contribution is 2.24. The molecule has 1 aliphatic heterocycles. The summed E-state index contributed by atoms with van der Waals surface area (Å²) in [5.41, 5.74) is 0.742. The molecule has 3 rings (SSSR count). The molecule has 1 saturated heterocycles. The third kappa shape index (κ3) is 3.62. The van der Waals surface area contributed by atoms with Crippen molar-refractivity contribution >= 4 is 21.6 Å². The first kappa shape index (κ1) is 17.7. The number of benzene rings is 1. The van der Waals surface area contributed by atoms with Gasteiger partial charge in [0.15, 0.2) is 5.76 Å². The van der Waals surface area contributed by atoms with Crippen LogP contribution in [0.5, 0.6) is 0 Å². The van der Waals surface area contributed by atoms with E-state index in [0.29, 0.717) is 19.6 Å². The van der Waals surface area contributed by atoms with Gasteiger partial charge < -0.3 is 9.32 Å². The molecular weight excluding hydrogens is 340 g/mol. The third-order valence-corrected chi connectivity index (χ3v) is 6.10. The Labute approximate surface area is 148 Å². The van der Waals surface area contributed by atoms with Crippen LogP contribution in [0.4, 0.5) is 5.69 Å². The Morgan fingerprint density at radius 2 is 1.76 bits per heavy atom. The van der Waals surface area contributed by atoms with Gasteiger partial charge >= 0.3 is 0 Å². The summed E-state index contributed by atoms with van der Waals surface area (Å²) in [6.07, 6.45) is 2.74. The first-order valence-electron chi connectivity index (χ1n) is 8.51.